The molecule has 0 spiro atoms. The molecular weight excluding hydrogens is 308 g/mol. The van der Waals surface area contributed by atoms with Gasteiger partial charge in [-0.05, 0) is 30.9 Å². The number of rotatable bonds is 6. The van der Waals surface area contributed by atoms with Gasteiger partial charge in [0.25, 0.3) is 5.91 Å². The van der Waals surface area contributed by atoms with Gasteiger partial charge in [0.1, 0.15) is 23.1 Å². The molecule has 1 aliphatic heterocycles. The van der Waals surface area contributed by atoms with Gasteiger partial charge in [-0.2, -0.15) is 0 Å². The summed E-state index contributed by atoms with van der Waals surface area (Å²) in [5.74, 6) is 0.439. The number of amides is 2. The quantitative estimate of drug-likeness (QED) is 0.865. The van der Waals surface area contributed by atoms with Gasteiger partial charge in [-0.15, -0.1) is 0 Å². The maximum Gasteiger partial charge on any atom is 0.259 e. The van der Waals surface area contributed by atoms with E-state index < -0.39 is 6.04 Å². The molecule has 1 saturated heterocycles. The fraction of sp³-hybridized carbons (Fsp3) is 0.556. The van der Waals surface area contributed by atoms with Crippen molar-refractivity contribution in [1.82, 2.24) is 10.2 Å². The van der Waals surface area contributed by atoms with E-state index in [9.17, 15) is 9.59 Å². The van der Waals surface area contributed by atoms with Gasteiger partial charge in [-0.1, -0.05) is 19.9 Å². The molecule has 0 aromatic heterocycles. The molecule has 1 aliphatic rings. The highest BCUT2D eigenvalue weighted by Crippen LogP contribution is 2.28. The van der Waals surface area contributed by atoms with Crippen molar-refractivity contribution in [2.24, 2.45) is 5.92 Å². The Morgan fingerprint density at radius 2 is 1.62 bits per heavy atom. The lowest BCUT2D eigenvalue weighted by Crippen LogP contribution is -2.50. The van der Waals surface area contributed by atoms with Gasteiger partial charge in [0.05, 0.1) is 14.2 Å². The molecule has 1 fully saturated rings. The van der Waals surface area contributed by atoms with E-state index in [2.05, 4.69) is 5.32 Å². The number of likely N-dealkylation sites (tertiary alicyclic amines) is 1. The number of methoxy groups -OCH3 is 2. The molecule has 0 bridgehead atoms. The highest BCUT2D eigenvalue weighted by Gasteiger charge is 2.31. The van der Waals surface area contributed by atoms with Crippen LogP contribution in [0, 0.1) is 5.92 Å². The standard InChI is InChI=1S/C18H26N2O4/c1-12(2)16(18(22)20-10-5-6-11-20)19-17(21)15-13(23-3)8-7-9-14(15)24-4/h7-9,12,16H,5-6,10-11H2,1-4H3,(H,19,21)/t16-/m0/s1. The van der Waals surface area contributed by atoms with Crippen LogP contribution in [0.15, 0.2) is 18.2 Å². The fourth-order valence-electron chi connectivity index (χ4n) is 2.94. The third kappa shape index (κ3) is 3.80. The van der Waals surface area contributed by atoms with Crippen molar-refractivity contribution in [1.29, 1.82) is 0 Å². The van der Waals surface area contributed by atoms with Crippen LogP contribution >= 0.6 is 0 Å². The number of hydrogen-bond acceptors (Lipinski definition) is 4. The summed E-state index contributed by atoms with van der Waals surface area (Å²) in [6, 6.07) is 4.59. The highest BCUT2D eigenvalue weighted by molar-refractivity contribution is 6.02. The predicted octanol–water partition coefficient (Wildman–Crippen LogP) is 2.08. The van der Waals surface area contributed by atoms with E-state index in [1.54, 1.807) is 18.2 Å². The second-order valence-electron chi connectivity index (χ2n) is 6.27. The smallest absolute Gasteiger partial charge is 0.259 e. The molecule has 0 aliphatic carbocycles. The molecule has 1 aromatic rings. The van der Waals surface area contributed by atoms with Crippen LogP contribution in [0.3, 0.4) is 0 Å². The minimum atomic E-state index is -0.565. The Balaban J connectivity index is 2.24. The summed E-state index contributed by atoms with van der Waals surface area (Å²) in [7, 11) is 3.00. The fourth-order valence-corrected chi connectivity index (χ4v) is 2.94. The van der Waals surface area contributed by atoms with Gasteiger partial charge in [-0.3, -0.25) is 9.59 Å². The van der Waals surface area contributed by atoms with Crippen LogP contribution in [0.25, 0.3) is 0 Å². The summed E-state index contributed by atoms with van der Waals surface area (Å²) in [6.45, 7) is 5.38. The Labute approximate surface area is 143 Å². The molecule has 0 radical (unpaired) electrons. The Bertz CT molecular complexity index is 572. The van der Waals surface area contributed by atoms with Gasteiger partial charge >= 0.3 is 0 Å². The Morgan fingerprint density at radius 1 is 1.08 bits per heavy atom. The van der Waals surface area contributed by atoms with Crippen LogP contribution in [0.1, 0.15) is 37.0 Å². The largest absolute Gasteiger partial charge is 0.496 e. The zero-order valence-electron chi connectivity index (χ0n) is 14.8. The first-order chi connectivity index (χ1) is 11.5. The van der Waals surface area contributed by atoms with Crippen LogP contribution < -0.4 is 14.8 Å². The van der Waals surface area contributed by atoms with E-state index in [0.717, 1.165) is 25.9 Å². The van der Waals surface area contributed by atoms with E-state index in [1.165, 1.54) is 14.2 Å². The number of benzene rings is 1. The Hall–Kier alpha value is -2.24. The monoisotopic (exact) mass is 334 g/mol. The Morgan fingerprint density at radius 3 is 2.08 bits per heavy atom. The number of nitrogens with one attached hydrogen (secondary N) is 1. The van der Waals surface area contributed by atoms with Gasteiger partial charge in [0.2, 0.25) is 5.91 Å². The summed E-state index contributed by atoms with van der Waals surface area (Å²) in [5.41, 5.74) is 0.308. The molecular formula is C18H26N2O4. The predicted molar refractivity (Wildman–Crippen MR) is 91.5 cm³/mol. The van der Waals surface area contributed by atoms with E-state index in [4.69, 9.17) is 9.47 Å². The highest BCUT2D eigenvalue weighted by atomic mass is 16.5. The lowest BCUT2D eigenvalue weighted by molar-refractivity contribution is -0.133. The Kier molecular flexibility index (Phi) is 6.06. The third-order valence-electron chi connectivity index (χ3n) is 4.29. The first kappa shape index (κ1) is 18.1. The molecule has 2 amide bonds. The third-order valence-corrected chi connectivity index (χ3v) is 4.29. The van der Waals surface area contributed by atoms with Gasteiger partial charge in [0.15, 0.2) is 0 Å². The van der Waals surface area contributed by atoms with Gasteiger partial charge < -0.3 is 19.7 Å². The van der Waals surface area contributed by atoms with Crippen molar-refractivity contribution in [3.8, 4) is 11.5 Å². The second-order valence-corrected chi connectivity index (χ2v) is 6.27. The van der Waals surface area contributed by atoms with E-state index in [-0.39, 0.29) is 17.7 Å². The summed E-state index contributed by atoms with van der Waals surface area (Å²) >= 11 is 0. The lowest BCUT2D eigenvalue weighted by atomic mass is 10.0. The molecule has 132 valence electrons. The average molecular weight is 334 g/mol. The topological polar surface area (TPSA) is 67.9 Å². The molecule has 1 aromatic carbocycles. The van der Waals surface area contributed by atoms with E-state index in [0.29, 0.717) is 17.1 Å². The summed E-state index contributed by atoms with van der Waals surface area (Å²) in [5, 5.41) is 2.87. The first-order valence-electron chi connectivity index (χ1n) is 8.30. The van der Waals surface area contributed by atoms with Crippen LogP contribution in [0.5, 0.6) is 11.5 Å². The maximum atomic E-state index is 12.8. The second kappa shape index (κ2) is 8.04. The van der Waals surface area contributed by atoms with Crippen molar-refractivity contribution >= 4 is 11.8 Å². The van der Waals surface area contributed by atoms with Crippen LogP contribution in [-0.4, -0.2) is 50.1 Å². The van der Waals surface area contributed by atoms with Crippen molar-refractivity contribution in [2.45, 2.75) is 32.7 Å². The van der Waals surface area contributed by atoms with Crippen molar-refractivity contribution < 1.29 is 19.1 Å². The lowest BCUT2D eigenvalue weighted by Gasteiger charge is -2.27. The summed E-state index contributed by atoms with van der Waals surface area (Å²) < 4.78 is 10.6. The van der Waals surface area contributed by atoms with Crippen molar-refractivity contribution in [3.05, 3.63) is 23.8 Å². The normalized spacial score (nSPS) is 15.3. The molecule has 0 unspecified atom stereocenters. The van der Waals surface area contributed by atoms with Crippen LogP contribution in [0.2, 0.25) is 0 Å². The first-order valence-corrected chi connectivity index (χ1v) is 8.30. The molecule has 1 N–H and O–H groups in total. The van der Waals surface area contributed by atoms with Crippen molar-refractivity contribution in [3.63, 3.8) is 0 Å². The molecule has 2 rings (SSSR count). The number of hydrogen-bond donors (Lipinski definition) is 1. The number of ether oxygens (including phenoxy) is 2. The maximum absolute atomic E-state index is 12.8. The summed E-state index contributed by atoms with van der Waals surface area (Å²) in [6.07, 6.45) is 2.04. The minimum Gasteiger partial charge on any atom is -0.496 e. The molecule has 24 heavy (non-hydrogen) atoms. The van der Waals surface area contributed by atoms with Crippen LogP contribution in [-0.2, 0) is 4.79 Å². The van der Waals surface area contributed by atoms with E-state index in [1.807, 2.05) is 18.7 Å². The molecule has 6 heteroatoms. The van der Waals surface area contributed by atoms with Gasteiger partial charge in [0, 0.05) is 13.1 Å². The number of nitrogens with zero attached hydrogens (tertiary/aromatic N) is 1. The SMILES string of the molecule is COc1cccc(OC)c1C(=O)N[C@H](C(=O)N1CCCC1)C(C)C. The molecule has 1 atom stereocenters. The molecule has 6 nitrogen and oxygen atoms in total. The minimum absolute atomic E-state index is 0.0113. The average Bonchev–Trinajstić information content (AvgIpc) is 3.12. The zero-order chi connectivity index (χ0) is 17.7. The molecule has 1 heterocycles. The van der Waals surface area contributed by atoms with Crippen LogP contribution in [0.4, 0.5) is 0 Å². The zero-order valence-corrected chi connectivity index (χ0v) is 14.8. The van der Waals surface area contributed by atoms with Crippen molar-refractivity contribution in [2.75, 3.05) is 27.3 Å². The number of carbonyl (C=O) groups is 2. The molecule has 0 saturated carbocycles. The van der Waals surface area contributed by atoms with E-state index >= 15 is 0 Å². The summed E-state index contributed by atoms with van der Waals surface area (Å²) in [4.78, 5) is 27.3. The number of carbonyl (C=O) groups excluding carboxylic acids is 2. The van der Waals surface area contributed by atoms with Gasteiger partial charge in [-0.25, -0.2) is 0 Å².